The van der Waals surface area contributed by atoms with E-state index in [2.05, 4.69) is 17.2 Å². The maximum atomic E-state index is 12.4. The first-order valence-corrected chi connectivity index (χ1v) is 12.6. The average molecular weight is 502 g/mol. The van der Waals surface area contributed by atoms with E-state index >= 15 is 0 Å². The molecule has 2 aromatic heterocycles. The van der Waals surface area contributed by atoms with Gasteiger partial charge in [0.2, 0.25) is 0 Å². The van der Waals surface area contributed by atoms with E-state index in [9.17, 15) is 14.7 Å². The van der Waals surface area contributed by atoms with E-state index in [0.29, 0.717) is 55.4 Å². The Bertz CT molecular complexity index is 1070. The average Bonchev–Trinajstić information content (AvgIpc) is 3.21. The Hall–Kier alpha value is -3.21. The highest BCUT2D eigenvalue weighted by Crippen LogP contribution is 2.36. The topological polar surface area (TPSA) is 129 Å². The first kappa shape index (κ1) is 25.9. The number of carbonyl (C=O) groups is 2. The SMILES string of the molecule is CCCCN(C)C(=O)OCc1c(-c2ccc(O[C@H]3CCC[C@H](C(=O)O)C3)c(C3COC3)n2)nnn1C. The van der Waals surface area contributed by atoms with Crippen LogP contribution in [0.4, 0.5) is 4.79 Å². The Kier molecular flexibility index (Phi) is 8.40. The zero-order valence-corrected chi connectivity index (χ0v) is 21.2. The monoisotopic (exact) mass is 501 g/mol. The van der Waals surface area contributed by atoms with Crippen LogP contribution in [-0.4, -0.2) is 75.0 Å². The van der Waals surface area contributed by atoms with Crippen LogP contribution >= 0.6 is 0 Å². The van der Waals surface area contributed by atoms with E-state index in [4.69, 9.17) is 19.2 Å². The van der Waals surface area contributed by atoms with Gasteiger partial charge in [0.1, 0.15) is 23.7 Å². The minimum Gasteiger partial charge on any atom is -0.488 e. The molecule has 1 amide bonds. The van der Waals surface area contributed by atoms with E-state index in [1.54, 1.807) is 23.7 Å². The third-order valence-corrected chi connectivity index (χ3v) is 6.86. The number of aliphatic carboxylic acids is 1. The number of aromatic nitrogens is 4. The normalized spacial score (nSPS) is 20.0. The number of carboxylic acids is 1. The van der Waals surface area contributed by atoms with Gasteiger partial charge in [-0.1, -0.05) is 18.6 Å². The molecular formula is C25H35N5O6. The van der Waals surface area contributed by atoms with Gasteiger partial charge in [-0.3, -0.25) is 4.79 Å². The number of unbranched alkanes of at least 4 members (excludes halogenated alkanes) is 1. The van der Waals surface area contributed by atoms with Gasteiger partial charge in [-0.05, 0) is 44.2 Å². The molecule has 0 radical (unpaired) electrons. The summed E-state index contributed by atoms with van der Waals surface area (Å²) >= 11 is 0. The van der Waals surface area contributed by atoms with Gasteiger partial charge < -0.3 is 24.2 Å². The van der Waals surface area contributed by atoms with Crippen LogP contribution in [-0.2, 0) is 27.9 Å². The summed E-state index contributed by atoms with van der Waals surface area (Å²) in [5, 5.41) is 17.8. The van der Waals surface area contributed by atoms with Crippen molar-refractivity contribution in [1.29, 1.82) is 0 Å². The highest BCUT2D eigenvalue weighted by Gasteiger charge is 2.31. The second-order valence-corrected chi connectivity index (χ2v) is 9.59. The van der Waals surface area contributed by atoms with E-state index < -0.39 is 12.1 Å². The summed E-state index contributed by atoms with van der Waals surface area (Å²) in [6, 6.07) is 3.68. The molecule has 4 rings (SSSR count). The quantitative estimate of drug-likeness (QED) is 0.521. The van der Waals surface area contributed by atoms with Gasteiger partial charge >= 0.3 is 12.1 Å². The van der Waals surface area contributed by atoms with Gasteiger partial charge in [0.15, 0.2) is 0 Å². The van der Waals surface area contributed by atoms with Crippen LogP contribution < -0.4 is 4.74 Å². The second kappa shape index (κ2) is 11.7. The van der Waals surface area contributed by atoms with Crippen molar-refractivity contribution in [1.82, 2.24) is 24.9 Å². The molecule has 0 aromatic carbocycles. The van der Waals surface area contributed by atoms with Crippen molar-refractivity contribution in [2.45, 2.75) is 64.1 Å². The Labute approximate surface area is 210 Å². The van der Waals surface area contributed by atoms with E-state index in [1.807, 2.05) is 12.1 Å². The number of aryl methyl sites for hydroxylation is 1. The number of ether oxygens (including phenoxy) is 3. The molecule has 11 nitrogen and oxygen atoms in total. The van der Waals surface area contributed by atoms with Crippen molar-refractivity contribution in [3.63, 3.8) is 0 Å². The molecule has 2 aliphatic rings. The van der Waals surface area contributed by atoms with E-state index in [0.717, 1.165) is 31.4 Å². The van der Waals surface area contributed by atoms with Crippen LogP contribution in [0.25, 0.3) is 11.4 Å². The Morgan fingerprint density at radius 1 is 1.28 bits per heavy atom. The fourth-order valence-electron chi connectivity index (χ4n) is 4.50. The summed E-state index contributed by atoms with van der Waals surface area (Å²) in [5.41, 5.74) is 2.55. The molecule has 1 aliphatic heterocycles. The number of rotatable bonds is 10. The number of amides is 1. The smallest absolute Gasteiger partial charge is 0.409 e. The van der Waals surface area contributed by atoms with Crippen LogP contribution in [0.1, 0.15) is 62.8 Å². The minimum atomic E-state index is -0.767. The van der Waals surface area contributed by atoms with Gasteiger partial charge in [-0.15, -0.1) is 5.10 Å². The van der Waals surface area contributed by atoms with Crippen LogP contribution in [0.2, 0.25) is 0 Å². The molecular weight excluding hydrogens is 466 g/mol. The molecule has 1 saturated carbocycles. The van der Waals surface area contributed by atoms with Crippen molar-refractivity contribution in [2.24, 2.45) is 13.0 Å². The predicted molar refractivity (Wildman–Crippen MR) is 130 cm³/mol. The molecule has 3 heterocycles. The largest absolute Gasteiger partial charge is 0.488 e. The predicted octanol–water partition coefficient (Wildman–Crippen LogP) is 3.38. The molecule has 1 N–H and O–H groups in total. The third-order valence-electron chi connectivity index (χ3n) is 6.86. The van der Waals surface area contributed by atoms with Crippen molar-refractivity contribution in [2.75, 3.05) is 26.8 Å². The van der Waals surface area contributed by atoms with Crippen LogP contribution in [0.15, 0.2) is 12.1 Å². The Morgan fingerprint density at radius 2 is 2.08 bits per heavy atom. The maximum Gasteiger partial charge on any atom is 0.409 e. The third kappa shape index (κ3) is 5.95. The van der Waals surface area contributed by atoms with Crippen molar-refractivity contribution < 1.29 is 28.9 Å². The highest BCUT2D eigenvalue weighted by molar-refractivity contribution is 5.70. The standard InChI is InChI=1S/C25H35N5O6/c1-4-5-11-29(2)25(33)35-15-20-23(27-28-30(20)3)19-9-10-21(22(26-19)17-13-34-14-17)36-18-8-6-7-16(12-18)24(31)32/h9-10,16-18H,4-8,11-15H2,1-3H3,(H,31,32)/t16-,18-/m0/s1. The summed E-state index contributed by atoms with van der Waals surface area (Å²) in [5.74, 6) is -0.407. The Morgan fingerprint density at radius 3 is 2.78 bits per heavy atom. The molecule has 2 aromatic rings. The van der Waals surface area contributed by atoms with Crippen LogP contribution in [0.3, 0.4) is 0 Å². The highest BCUT2D eigenvalue weighted by atomic mass is 16.6. The lowest BCUT2D eigenvalue weighted by atomic mass is 9.87. The van der Waals surface area contributed by atoms with Gasteiger partial charge in [0, 0.05) is 20.6 Å². The lowest BCUT2D eigenvalue weighted by molar-refractivity contribution is -0.143. The van der Waals surface area contributed by atoms with E-state index in [1.165, 1.54) is 0 Å². The molecule has 196 valence electrons. The van der Waals surface area contributed by atoms with Gasteiger partial charge in [0.05, 0.1) is 42.5 Å². The van der Waals surface area contributed by atoms with E-state index in [-0.39, 0.29) is 24.5 Å². The fraction of sp³-hybridized carbons (Fsp3) is 0.640. The zero-order valence-electron chi connectivity index (χ0n) is 21.2. The molecule has 0 bridgehead atoms. The van der Waals surface area contributed by atoms with Crippen molar-refractivity contribution >= 4 is 12.1 Å². The van der Waals surface area contributed by atoms with Crippen molar-refractivity contribution in [3.05, 3.63) is 23.5 Å². The summed E-state index contributed by atoms with van der Waals surface area (Å²) in [6.07, 6.45) is 4.16. The van der Waals surface area contributed by atoms with Gasteiger partial charge in [0.25, 0.3) is 0 Å². The van der Waals surface area contributed by atoms with Crippen LogP contribution in [0.5, 0.6) is 5.75 Å². The number of pyridine rings is 1. The summed E-state index contributed by atoms with van der Waals surface area (Å²) < 4.78 is 18.8. The zero-order chi connectivity index (χ0) is 25.7. The fourth-order valence-corrected chi connectivity index (χ4v) is 4.50. The first-order valence-electron chi connectivity index (χ1n) is 12.6. The summed E-state index contributed by atoms with van der Waals surface area (Å²) in [4.78, 5) is 30.3. The number of carboxylic acid groups (broad SMARTS) is 1. The number of carbonyl (C=O) groups excluding carboxylic acids is 1. The summed E-state index contributed by atoms with van der Waals surface area (Å²) in [6.45, 7) is 3.82. The summed E-state index contributed by atoms with van der Waals surface area (Å²) in [7, 11) is 3.47. The lowest BCUT2D eigenvalue weighted by Gasteiger charge is -2.31. The number of hydrogen-bond donors (Lipinski definition) is 1. The molecule has 2 fully saturated rings. The lowest BCUT2D eigenvalue weighted by Crippen LogP contribution is -2.31. The molecule has 0 unspecified atom stereocenters. The van der Waals surface area contributed by atoms with Crippen molar-refractivity contribution in [3.8, 4) is 17.1 Å². The Balaban J connectivity index is 1.52. The molecule has 2 atom stereocenters. The molecule has 1 aliphatic carbocycles. The first-order chi connectivity index (χ1) is 17.4. The minimum absolute atomic E-state index is 0.0224. The maximum absolute atomic E-state index is 12.4. The number of nitrogens with zero attached hydrogens (tertiary/aromatic N) is 5. The molecule has 0 spiro atoms. The molecule has 1 saturated heterocycles. The number of hydrogen-bond acceptors (Lipinski definition) is 8. The van der Waals surface area contributed by atoms with Gasteiger partial charge in [-0.2, -0.15) is 0 Å². The van der Waals surface area contributed by atoms with Gasteiger partial charge in [-0.25, -0.2) is 14.5 Å². The van der Waals surface area contributed by atoms with Crippen LogP contribution in [0, 0.1) is 5.92 Å². The second-order valence-electron chi connectivity index (χ2n) is 9.59. The molecule has 36 heavy (non-hydrogen) atoms. The molecule has 11 heteroatoms.